The molecule has 0 aliphatic rings. The first-order chi connectivity index (χ1) is 8.18. The molecular weight excluding hydrogens is 216 g/mol. The van der Waals surface area contributed by atoms with Crippen LogP contribution < -0.4 is 15.4 Å². The minimum atomic E-state index is 0.0136. The Morgan fingerprint density at radius 3 is 2.65 bits per heavy atom. The van der Waals surface area contributed by atoms with Gasteiger partial charge >= 0.3 is 0 Å². The summed E-state index contributed by atoms with van der Waals surface area (Å²) in [6.07, 6.45) is 0. The van der Waals surface area contributed by atoms with Crippen LogP contribution in [0.5, 0.6) is 5.75 Å². The topological polar surface area (TPSA) is 50.4 Å². The molecule has 0 aliphatic heterocycles. The second-order valence-electron chi connectivity index (χ2n) is 4.06. The average molecular weight is 236 g/mol. The molecule has 0 saturated heterocycles. The van der Waals surface area contributed by atoms with Crippen molar-refractivity contribution in [3.05, 3.63) is 30.3 Å². The van der Waals surface area contributed by atoms with Gasteiger partial charge in [-0.05, 0) is 26.0 Å². The molecule has 17 heavy (non-hydrogen) atoms. The first-order valence-corrected chi connectivity index (χ1v) is 5.86. The second-order valence-corrected chi connectivity index (χ2v) is 4.06. The van der Waals surface area contributed by atoms with Crippen LogP contribution in [0.1, 0.15) is 13.8 Å². The van der Waals surface area contributed by atoms with Gasteiger partial charge in [-0.15, -0.1) is 0 Å². The van der Waals surface area contributed by atoms with Crippen LogP contribution in [-0.4, -0.2) is 31.6 Å². The lowest BCUT2D eigenvalue weighted by Crippen LogP contribution is -2.38. The van der Waals surface area contributed by atoms with Gasteiger partial charge in [0.1, 0.15) is 12.4 Å². The molecule has 0 spiro atoms. The number of hydrogen-bond donors (Lipinski definition) is 2. The van der Waals surface area contributed by atoms with Crippen molar-refractivity contribution < 1.29 is 9.53 Å². The van der Waals surface area contributed by atoms with Gasteiger partial charge in [-0.25, -0.2) is 0 Å². The van der Waals surface area contributed by atoms with Gasteiger partial charge in [-0.3, -0.25) is 4.79 Å². The fraction of sp³-hybridized carbons (Fsp3) is 0.462. The number of nitrogens with one attached hydrogen (secondary N) is 2. The van der Waals surface area contributed by atoms with E-state index in [4.69, 9.17) is 4.74 Å². The minimum Gasteiger partial charge on any atom is -0.492 e. The molecular formula is C13H20N2O2. The number of hydrogen-bond acceptors (Lipinski definition) is 3. The number of carbonyl (C=O) groups is 1. The van der Waals surface area contributed by atoms with Crippen LogP contribution in [0.4, 0.5) is 0 Å². The van der Waals surface area contributed by atoms with E-state index < -0.39 is 0 Å². The number of para-hydroxylation sites is 1. The van der Waals surface area contributed by atoms with Crippen LogP contribution in [0.25, 0.3) is 0 Å². The molecule has 1 aromatic rings. The third-order valence-electron chi connectivity index (χ3n) is 2.03. The first-order valence-electron chi connectivity index (χ1n) is 5.86. The fourth-order valence-electron chi connectivity index (χ4n) is 1.33. The Morgan fingerprint density at radius 2 is 2.00 bits per heavy atom. The number of benzene rings is 1. The van der Waals surface area contributed by atoms with E-state index in [0.717, 1.165) is 5.75 Å². The van der Waals surface area contributed by atoms with Crippen molar-refractivity contribution in [3.63, 3.8) is 0 Å². The van der Waals surface area contributed by atoms with Crippen LogP contribution >= 0.6 is 0 Å². The molecule has 4 nitrogen and oxygen atoms in total. The number of ether oxygens (including phenoxy) is 1. The van der Waals surface area contributed by atoms with E-state index in [2.05, 4.69) is 10.6 Å². The standard InChI is InChI=1S/C13H20N2O2/c1-11(2)15-13(16)10-14-8-9-17-12-6-4-3-5-7-12/h3-7,11,14H,8-10H2,1-2H3,(H,15,16). The Labute approximate surface area is 102 Å². The molecule has 2 N–H and O–H groups in total. The predicted molar refractivity (Wildman–Crippen MR) is 68.1 cm³/mol. The van der Waals surface area contributed by atoms with Crippen molar-refractivity contribution >= 4 is 5.91 Å². The summed E-state index contributed by atoms with van der Waals surface area (Å²) in [4.78, 5) is 11.3. The molecule has 0 atom stereocenters. The van der Waals surface area contributed by atoms with Crippen molar-refractivity contribution in [3.8, 4) is 5.75 Å². The van der Waals surface area contributed by atoms with Crippen molar-refractivity contribution in [2.45, 2.75) is 19.9 Å². The van der Waals surface area contributed by atoms with E-state index in [-0.39, 0.29) is 11.9 Å². The van der Waals surface area contributed by atoms with Crippen molar-refractivity contribution in [2.24, 2.45) is 0 Å². The maximum atomic E-state index is 11.3. The SMILES string of the molecule is CC(C)NC(=O)CNCCOc1ccccc1. The molecule has 94 valence electrons. The highest BCUT2D eigenvalue weighted by molar-refractivity contribution is 5.78. The maximum absolute atomic E-state index is 11.3. The van der Waals surface area contributed by atoms with Gasteiger partial charge in [-0.1, -0.05) is 18.2 Å². The average Bonchev–Trinajstić information content (AvgIpc) is 2.29. The quantitative estimate of drug-likeness (QED) is 0.699. The summed E-state index contributed by atoms with van der Waals surface area (Å²) in [6.45, 7) is 5.42. The summed E-state index contributed by atoms with van der Waals surface area (Å²) >= 11 is 0. The van der Waals surface area contributed by atoms with Crippen LogP contribution in [0, 0.1) is 0 Å². The smallest absolute Gasteiger partial charge is 0.234 e. The van der Waals surface area contributed by atoms with E-state index in [1.165, 1.54) is 0 Å². The number of rotatable bonds is 7. The Morgan fingerprint density at radius 1 is 1.29 bits per heavy atom. The van der Waals surface area contributed by atoms with Crippen LogP contribution in [0.15, 0.2) is 30.3 Å². The molecule has 0 fully saturated rings. The minimum absolute atomic E-state index is 0.0136. The summed E-state index contributed by atoms with van der Waals surface area (Å²) < 4.78 is 5.47. The molecule has 0 aliphatic carbocycles. The van der Waals surface area contributed by atoms with Crippen molar-refractivity contribution in [1.82, 2.24) is 10.6 Å². The Balaban J connectivity index is 2.03. The summed E-state index contributed by atoms with van der Waals surface area (Å²) in [5.41, 5.74) is 0. The van der Waals surface area contributed by atoms with Gasteiger partial charge in [0.15, 0.2) is 0 Å². The maximum Gasteiger partial charge on any atom is 0.234 e. The predicted octanol–water partition coefficient (Wildman–Crippen LogP) is 1.18. The zero-order valence-corrected chi connectivity index (χ0v) is 10.4. The highest BCUT2D eigenvalue weighted by atomic mass is 16.5. The molecule has 0 saturated carbocycles. The Kier molecular flexibility index (Phi) is 6.10. The Bertz CT molecular complexity index is 325. The lowest BCUT2D eigenvalue weighted by atomic mass is 10.3. The van der Waals surface area contributed by atoms with Gasteiger partial charge < -0.3 is 15.4 Å². The highest BCUT2D eigenvalue weighted by Crippen LogP contribution is 2.07. The normalized spacial score (nSPS) is 10.3. The highest BCUT2D eigenvalue weighted by Gasteiger charge is 2.01. The van der Waals surface area contributed by atoms with Crippen LogP contribution in [0.2, 0.25) is 0 Å². The van der Waals surface area contributed by atoms with E-state index in [0.29, 0.717) is 19.7 Å². The van der Waals surface area contributed by atoms with Crippen LogP contribution in [0.3, 0.4) is 0 Å². The fourth-order valence-corrected chi connectivity index (χ4v) is 1.33. The zero-order chi connectivity index (χ0) is 12.5. The molecule has 1 rings (SSSR count). The van der Waals surface area contributed by atoms with Gasteiger partial charge in [0, 0.05) is 12.6 Å². The largest absolute Gasteiger partial charge is 0.492 e. The van der Waals surface area contributed by atoms with E-state index >= 15 is 0 Å². The lowest BCUT2D eigenvalue weighted by Gasteiger charge is -2.09. The Hall–Kier alpha value is -1.55. The lowest BCUT2D eigenvalue weighted by molar-refractivity contribution is -0.120. The third kappa shape index (κ3) is 6.58. The monoisotopic (exact) mass is 236 g/mol. The molecule has 0 unspecified atom stereocenters. The van der Waals surface area contributed by atoms with Crippen LogP contribution in [-0.2, 0) is 4.79 Å². The third-order valence-corrected chi connectivity index (χ3v) is 2.03. The van der Waals surface area contributed by atoms with Gasteiger partial charge in [0.05, 0.1) is 6.54 Å². The van der Waals surface area contributed by atoms with Crippen molar-refractivity contribution in [2.75, 3.05) is 19.7 Å². The molecule has 0 aromatic heterocycles. The molecule has 1 amide bonds. The van der Waals surface area contributed by atoms with Gasteiger partial charge in [0.2, 0.25) is 5.91 Å². The summed E-state index contributed by atoms with van der Waals surface area (Å²) in [5, 5.41) is 5.83. The summed E-state index contributed by atoms with van der Waals surface area (Å²) in [5.74, 6) is 0.862. The second kappa shape index (κ2) is 7.68. The van der Waals surface area contributed by atoms with E-state index in [1.54, 1.807) is 0 Å². The zero-order valence-electron chi connectivity index (χ0n) is 10.4. The van der Waals surface area contributed by atoms with Crippen molar-refractivity contribution in [1.29, 1.82) is 0 Å². The molecule has 0 heterocycles. The van der Waals surface area contributed by atoms with Gasteiger partial charge in [0.25, 0.3) is 0 Å². The molecule has 4 heteroatoms. The summed E-state index contributed by atoms with van der Waals surface area (Å²) in [6, 6.07) is 9.81. The molecule has 0 radical (unpaired) electrons. The van der Waals surface area contributed by atoms with E-state index in [9.17, 15) is 4.79 Å². The van der Waals surface area contributed by atoms with E-state index in [1.807, 2.05) is 44.2 Å². The van der Waals surface area contributed by atoms with Gasteiger partial charge in [-0.2, -0.15) is 0 Å². The first kappa shape index (κ1) is 13.5. The summed E-state index contributed by atoms with van der Waals surface area (Å²) in [7, 11) is 0. The number of amides is 1. The molecule has 1 aromatic carbocycles. The number of carbonyl (C=O) groups excluding carboxylic acids is 1. The molecule has 0 bridgehead atoms.